The molecule has 15 heteroatoms. The van der Waals surface area contributed by atoms with Crippen molar-refractivity contribution >= 4 is 33.1 Å². The van der Waals surface area contributed by atoms with E-state index in [1.165, 1.54) is 29.0 Å². The third-order valence-corrected chi connectivity index (χ3v) is 11.2. The third-order valence-electron chi connectivity index (χ3n) is 9.45. The monoisotopic (exact) mass is 753 g/mol. The summed E-state index contributed by atoms with van der Waals surface area (Å²) in [4.78, 5) is 20.7. The van der Waals surface area contributed by atoms with E-state index in [9.17, 15) is 18.3 Å². The van der Waals surface area contributed by atoms with Crippen LogP contribution in [0.4, 0.5) is 16.0 Å². The van der Waals surface area contributed by atoms with Crippen LogP contribution in [-0.2, 0) is 21.0 Å². The summed E-state index contributed by atoms with van der Waals surface area (Å²) in [6.45, 7) is 8.08. The summed E-state index contributed by atoms with van der Waals surface area (Å²) in [5.41, 5.74) is 3.49. The topological polar surface area (TPSA) is 163 Å². The Balaban J connectivity index is 1.07. The summed E-state index contributed by atoms with van der Waals surface area (Å²) in [5.74, 6) is -0.894. The number of carbonyl (C=O) groups is 1. The second kappa shape index (κ2) is 15.0. The lowest BCUT2D eigenvalue weighted by Crippen LogP contribution is -2.25. The summed E-state index contributed by atoms with van der Waals surface area (Å²) < 4.78 is 57.8. The molecule has 1 aliphatic rings. The minimum absolute atomic E-state index is 0.0201. The van der Waals surface area contributed by atoms with Gasteiger partial charge in [-0.3, -0.25) is 0 Å². The van der Waals surface area contributed by atoms with Crippen LogP contribution in [0.2, 0.25) is 0 Å². The fraction of sp³-hybridized carbons (Fsp3) is 0.308. The number of nitrogens with one attached hydrogen (secondary N) is 1. The smallest absolute Gasteiger partial charge is 0.335 e. The first kappa shape index (κ1) is 36.7. The number of carboxylic acid groups (broad SMARTS) is 1. The Morgan fingerprint density at radius 3 is 2.57 bits per heavy atom. The Labute approximate surface area is 311 Å². The molecule has 1 saturated carbocycles. The van der Waals surface area contributed by atoms with Gasteiger partial charge in [-0.25, -0.2) is 27.3 Å². The summed E-state index contributed by atoms with van der Waals surface area (Å²) >= 11 is 0. The quantitative estimate of drug-likeness (QED) is 0.113. The number of benzene rings is 3. The highest BCUT2D eigenvalue weighted by atomic mass is 32.2. The van der Waals surface area contributed by atoms with E-state index in [0.29, 0.717) is 41.2 Å². The summed E-state index contributed by atoms with van der Waals surface area (Å²) in [5, 5.41) is 21.2. The maximum atomic E-state index is 15.6. The highest BCUT2D eigenvalue weighted by Crippen LogP contribution is 2.44. The molecule has 1 fully saturated rings. The number of aromatic nitrogens is 6. The van der Waals surface area contributed by atoms with E-state index < -0.39 is 21.6 Å². The van der Waals surface area contributed by atoms with Crippen LogP contribution in [0.5, 0.6) is 5.75 Å². The van der Waals surface area contributed by atoms with Crippen LogP contribution in [0.3, 0.4) is 0 Å². The van der Waals surface area contributed by atoms with E-state index in [-0.39, 0.29) is 45.6 Å². The summed E-state index contributed by atoms with van der Waals surface area (Å²) in [6.07, 6.45) is 6.70. The summed E-state index contributed by atoms with van der Waals surface area (Å²) in [6, 6.07) is 17.4. The maximum absolute atomic E-state index is 15.6. The van der Waals surface area contributed by atoms with E-state index in [2.05, 4.69) is 25.5 Å². The standard InChI is InChI=1S/C39H40FN7O6S/c1-5-52-24(4)46-21-28(20-42-46)35-36(53-23(2)3)37-44-39(45-47(37)22-41-35)43-34-14-13-30(19-33(34)40)54(50,51)29-10-8-9-25(18-29)15-26-16-27(17-26)31-11-6-7-12-32(31)38(48)49/h6-14,18-24,26-27H,5,15-17H2,1-4H3,(H,43,45)(H,48,49). The number of carboxylic acids is 1. The third kappa shape index (κ3) is 7.41. The molecule has 3 aromatic heterocycles. The highest BCUT2D eigenvalue weighted by molar-refractivity contribution is 7.91. The molecule has 0 radical (unpaired) electrons. The van der Waals surface area contributed by atoms with Gasteiger partial charge in [0.25, 0.3) is 0 Å². The van der Waals surface area contributed by atoms with Gasteiger partial charge in [0.05, 0.1) is 33.3 Å². The fourth-order valence-electron chi connectivity index (χ4n) is 6.81. The molecule has 0 spiro atoms. The van der Waals surface area contributed by atoms with Crippen molar-refractivity contribution < 1.29 is 32.2 Å². The fourth-order valence-corrected chi connectivity index (χ4v) is 8.16. The van der Waals surface area contributed by atoms with Gasteiger partial charge in [0.2, 0.25) is 21.4 Å². The summed E-state index contributed by atoms with van der Waals surface area (Å²) in [7, 11) is -4.05. The van der Waals surface area contributed by atoms with Crippen LogP contribution < -0.4 is 10.1 Å². The van der Waals surface area contributed by atoms with E-state index in [1.54, 1.807) is 41.3 Å². The molecule has 2 N–H and O–H groups in total. The average molecular weight is 754 g/mol. The van der Waals surface area contributed by atoms with Crippen LogP contribution >= 0.6 is 0 Å². The molecule has 1 aliphatic carbocycles. The van der Waals surface area contributed by atoms with E-state index in [1.807, 2.05) is 45.9 Å². The van der Waals surface area contributed by atoms with Gasteiger partial charge in [-0.05, 0) is 106 Å². The zero-order chi connectivity index (χ0) is 38.1. The minimum Gasteiger partial charge on any atom is -0.485 e. The Bertz CT molecular complexity index is 2440. The lowest BCUT2D eigenvalue weighted by Gasteiger charge is -2.36. The first-order chi connectivity index (χ1) is 25.9. The molecule has 54 heavy (non-hydrogen) atoms. The van der Waals surface area contributed by atoms with Crippen LogP contribution in [0.25, 0.3) is 16.9 Å². The second-order valence-corrected chi connectivity index (χ2v) is 15.6. The van der Waals surface area contributed by atoms with E-state index >= 15 is 4.39 Å². The molecule has 3 heterocycles. The molecule has 0 bridgehead atoms. The Kier molecular flexibility index (Phi) is 10.2. The number of aromatic carboxylic acids is 1. The molecular formula is C39H40FN7O6S. The molecule has 6 aromatic rings. The number of nitrogens with zero attached hydrogens (tertiary/aromatic N) is 6. The normalized spacial score (nSPS) is 16.3. The van der Waals surface area contributed by atoms with Gasteiger partial charge in [-0.15, -0.1) is 5.10 Å². The molecule has 0 amide bonds. The number of hydrogen-bond donors (Lipinski definition) is 2. The number of halogens is 1. The SMILES string of the molecule is CCOC(C)n1cc(-c2ncn3nc(Nc4ccc(S(=O)(=O)c5cccc(CC6CC(c7ccccc7C(=O)O)C6)c5)cc4F)nc3c2OC(C)C)cn1. The molecule has 1 atom stereocenters. The van der Waals surface area contributed by atoms with Crippen LogP contribution in [0, 0.1) is 11.7 Å². The van der Waals surface area contributed by atoms with Crippen molar-refractivity contribution in [3.8, 4) is 17.0 Å². The van der Waals surface area contributed by atoms with Crippen molar-refractivity contribution in [3.63, 3.8) is 0 Å². The number of hydrogen-bond acceptors (Lipinski definition) is 10. The Morgan fingerprint density at radius 1 is 1.06 bits per heavy atom. The molecule has 1 unspecified atom stereocenters. The van der Waals surface area contributed by atoms with Gasteiger partial charge < -0.3 is 19.9 Å². The lowest BCUT2D eigenvalue weighted by atomic mass is 9.68. The second-order valence-electron chi connectivity index (χ2n) is 13.6. The molecule has 0 aliphatic heterocycles. The van der Waals surface area contributed by atoms with Crippen molar-refractivity contribution in [2.45, 2.75) is 75.0 Å². The average Bonchev–Trinajstić information content (AvgIpc) is 3.79. The van der Waals surface area contributed by atoms with Gasteiger partial charge in [0.15, 0.2) is 5.75 Å². The Morgan fingerprint density at radius 2 is 1.83 bits per heavy atom. The van der Waals surface area contributed by atoms with E-state index in [0.717, 1.165) is 30.0 Å². The van der Waals surface area contributed by atoms with Crippen LogP contribution in [-0.4, -0.2) is 61.6 Å². The maximum Gasteiger partial charge on any atom is 0.335 e. The van der Waals surface area contributed by atoms with Crippen molar-refractivity contribution in [3.05, 3.63) is 108 Å². The first-order valence-corrected chi connectivity index (χ1v) is 19.2. The van der Waals surface area contributed by atoms with Crippen molar-refractivity contribution in [1.29, 1.82) is 0 Å². The first-order valence-electron chi connectivity index (χ1n) is 17.7. The predicted molar refractivity (Wildman–Crippen MR) is 198 cm³/mol. The molecule has 280 valence electrons. The molecular weight excluding hydrogens is 714 g/mol. The van der Waals surface area contributed by atoms with Gasteiger partial charge in [-0.2, -0.15) is 14.6 Å². The van der Waals surface area contributed by atoms with Crippen molar-refractivity contribution in [2.75, 3.05) is 11.9 Å². The van der Waals surface area contributed by atoms with Crippen molar-refractivity contribution in [2.24, 2.45) is 5.92 Å². The highest BCUT2D eigenvalue weighted by Gasteiger charge is 2.33. The van der Waals surface area contributed by atoms with Gasteiger partial charge in [0.1, 0.15) is 24.1 Å². The molecule has 13 nitrogen and oxygen atoms in total. The number of anilines is 2. The molecule has 7 rings (SSSR count). The number of ether oxygens (including phenoxy) is 2. The number of sulfone groups is 1. The van der Waals surface area contributed by atoms with Crippen LogP contribution in [0.15, 0.2) is 95.2 Å². The molecule has 3 aromatic carbocycles. The predicted octanol–water partition coefficient (Wildman–Crippen LogP) is 7.48. The van der Waals surface area contributed by atoms with Crippen molar-refractivity contribution in [1.82, 2.24) is 29.4 Å². The van der Waals surface area contributed by atoms with Crippen LogP contribution in [0.1, 0.15) is 74.2 Å². The largest absolute Gasteiger partial charge is 0.485 e. The zero-order valence-electron chi connectivity index (χ0n) is 30.2. The lowest BCUT2D eigenvalue weighted by molar-refractivity contribution is 0.0160. The molecule has 0 saturated heterocycles. The minimum atomic E-state index is -4.05. The van der Waals surface area contributed by atoms with Gasteiger partial charge >= 0.3 is 5.97 Å². The van der Waals surface area contributed by atoms with E-state index in [4.69, 9.17) is 9.47 Å². The van der Waals surface area contributed by atoms with Gasteiger partial charge in [-0.1, -0.05) is 30.3 Å². The number of rotatable bonds is 14. The van der Waals surface area contributed by atoms with Gasteiger partial charge in [0, 0.05) is 18.4 Å². The zero-order valence-corrected chi connectivity index (χ0v) is 31.0. The Hall–Kier alpha value is -5.67. The number of fused-ring (bicyclic) bond motifs is 1.